The van der Waals surface area contributed by atoms with Crippen molar-refractivity contribution in [3.8, 4) is 0 Å². The van der Waals surface area contributed by atoms with E-state index in [4.69, 9.17) is 9.47 Å². The fraction of sp³-hybridized carbons (Fsp3) is 0.800. The van der Waals surface area contributed by atoms with Gasteiger partial charge in [0.1, 0.15) is 0 Å². The van der Waals surface area contributed by atoms with Crippen molar-refractivity contribution in [1.29, 1.82) is 0 Å². The third kappa shape index (κ3) is 3.69. The van der Waals surface area contributed by atoms with Crippen LogP contribution in [0, 0.1) is 0 Å². The molecule has 1 unspecified atom stereocenters. The maximum Gasteiger partial charge on any atom is 0.428 e. The van der Waals surface area contributed by atoms with Gasteiger partial charge in [0.15, 0.2) is 0 Å². The van der Waals surface area contributed by atoms with Gasteiger partial charge in [-0.15, -0.1) is 0 Å². The van der Waals surface area contributed by atoms with Gasteiger partial charge in [0.2, 0.25) is 0 Å². The Kier molecular flexibility index (Phi) is 5.40. The van der Waals surface area contributed by atoms with Crippen molar-refractivity contribution in [2.45, 2.75) is 25.5 Å². The molecule has 6 nitrogen and oxygen atoms in total. The molecule has 0 aliphatic carbocycles. The van der Waals surface area contributed by atoms with E-state index in [0.29, 0.717) is 13.1 Å². The van der Waals surface area contributed by atoms with Gasteiger partial charge >= 0.3 is 12.2 Å². The van der Waals surface area contributed by atoms with Crippen molar-refractivity contribution < 1.29 is 19.1 Å². The van der Waals surface area contributed by atoms with Gasteiger partial charge in [-0.2, -0.15) is 12.6 Å². The van der Waals surface area contributed by atoms with Gasteiger partial charge < -0.3 is 9.47 Å². The molecule has 0 spiro atoms. The molecule has 17 heavy (non-hydrogen) atoms. The number of thiol groups is 1. The number of amides is 2. The summed E-state index contributed by atoms with van der Waals surface area (Å²) in [6.45, 7) is 4.73. The van der Waals surface area contributed by atoms with Crippen molar-refractivity contribution >= 4 is 24.8 Å². The fourth-order valence-electron chi connectivity index (χ4n) is 1.54. The van der Waals surface area contributed by atoms with Crippen molar-refractivity contribution in [3.63, 3.8) is 0 Å². The molecule has 0 aromatic rings. The Morgan fingerprint density at radius 3 is 2.24 bits per heavy atom. The first-order valence-electron chi connectivity index (χ1n) is 5.66. The van der Waals surface area contributed by atoms with E-state index in [1.807, 2.05) is 0 Å². The van der Waals surface area contributed by atoms with Crippen LogP contribution in [0.25, 0.3) is 0 Å². The minimum Gasteiger partial charge on any atom is -0.448 e. The lowest BCUT2D eigenvalue weighted by Crippen LogP contribution is -2.56. The van der Waals surface area contributed by atoms with Crippen LogP contribution in [-0.2, 0) is 9.47 Å². The summed E-state index contributed by atoms with van der Waals surface area (Å²) in [6, 6.07) is 0. The fourth-order valence-corrected chi connectivity index (χ4v) is 1.81. The molecule has 98 valence electrons. The maximum absolute atomic E-state index is 11.7. The van der Waals surface area contributed by atoms with Crippen LogP contribution in [-0.4, -0.2) is 53.8 Å². The number of ether oxygens (including phenoxy) is 2. The number of hydrogen-bond donors (Lipinski definition) is 1. The molecular weight excluding hydrogens is 244 g/mol. The van der Waals surface area contributed by atoms with Crippen molar-refractivity contribution in [2.24, 2.45) is 0 Å². The van der Waals surface area contributed by atoms with Crippen LogP contribution in [0.5, 0.6) is 0 Å². The number of hydrogen-bond acceptors (Lipinski definition) is 5. The lowest BCUT2D eigenvalue weighted by Gasteiger charge is -2.38. The van der Waals surface area contributed by atoms with E-state index >= 15 is 0 Å². The second-order valence-corrected chi connectivity index (χ2v) is 4.28. The van der Waals surface area contributed by atoms with Gasteiger partial charge in [-0.05, 0) is 20.3 Å². The summed E-state index contributed by atoms with van der Waals surface area (Å²) < 4.78 is 9.78. The number of carbonyl (C=O) groups excluding carboxylic acids is 2. The summed E-state index contributed by atoms with van der Waals surface area (Å²) in [5.41, 5.74) is 0. The lowest BCUT2D eigenvalue weighted by atomic mass is 10.2. The Morgan fingerprint density at radius 2 is 1.71 bits per heavy atom. The maximum atomic E-state index is 11.7. The van der Waals surface area contributed by atoms with Crippen molar-refractivity contribution in [2.75, 3.05) is 26.3 Å². The summed E-state index contributed by atoms with van der Waals surface area (Å²) in [4.78, 5) is 23.3. The predicted molar refractivity (Wildman–Crippen MR) is 64.8 cm³/mol. The largest absolute Gasteiger partial charge is 0.448 e. The van der Waals surface area contributed by atoms with E-state index in [2.05, 4.69) is 12.6 Å². The quantitative estimate of drug-likeness (QED) is 0.767. The average molecular weight is 262 g/mol. The van der Waals surface area contributed by atoms with Crippen LogP contribution < -0.4 is 0 Å². The Hall–Kier alpha value is -1.11. The third-order valence-corrected chi connectivity index (χ3v) is 2.73. The van der Waals surface area contributed by atoms with Gasteiger partial charge in [-0.25, -0.2) is 19.6 Å². The molecule has 1 atom stereocenters. The Bertz CT molecular complexity index is 287. The summed E-state index contributed by atoms with van der Waals surface area (Å²) in [6.07, 6.45) is -0.349. The zero-order valence-corrected chi connectivity index (χ0v) is 11.0. The van der Waals surface area contributed by atoms with Crippen LogP contribution in [0.2, 0.25) is 0 Å². The van der Waals surface area contributed by atoms with E-state index in [1.165, 1.54) is 10.0 Å². The Morgan fingerprint density at radius 1 is 1.18 bits per heavy atom. The Balaban J connectivity index is 2.70. The first-order valence-corrected chi connectivity index (χ1v) is 6.18. The molecule has 0 radical (unpaired) electrons. The summed E-state index contributed by atoms with van der Waals surface area (Å²) in [7, 11) is 0. The molecule has 1 aliphatic heterocycles. The second kappa shape index (κ2) is 6.58. The minimum atomic E-state index is -0.542. The first-order chi connectivity index (χ1) is 8.10. The average Bonchev–Trinajstić information content (AvgIpc) is 2.29. The molecule has 1 aliphatic rings. The van der Waals surface area contributed by atoms with Crippen molar-refractivity contribution in [3.05, 3.63) is 0 Å². The van der Waals surface area contributed by atoms with Crippen LogP contribution >= 0.6 is 12.6 Å². The molecule has 1 heterocycles. The number of nitrogens with zero attached hydrogens (tertiary/aromatic N) is 2. The molecule has 0 N–H and O–H groups in total. The zero-order valence-electron chi connectivity index (χ0n) is 10.1. The number of rotatable bonds is 2. The normalized spacial score (nSPS) is 20.1. The number of carbonyl (C=O) groups is 2. The van der Waals surface area contributed by atoms with Gasteiger partial charge in [0.25, 0.3) is 0 Å². The summed E-state index contributed by atoms with van der Waals surface area (Å²) >= 11 is 4.32. The predicted octanol–water partition coefficient (Wildman–Crippen LogP) is 1.52. The highest BCUT2D eigenvalue weighted by atomic mass is 32.1. The number of hydrazine groups is 1. The monoisotopic (exact) mass is 262 g/mol. The summed E-state index contributed by atoms with van der Waals surface area (Å²) in [5, 5.41) is 2.57. The molecular formula is C10H18N2O4S. The molecule has 2 amide bonds. The van der Waals surface area contributed by atoms with Crippen LogP contribution in [0.1, 0.15) is 20.3 Å². The standard InChI is InChI=1S/C10H18N2O4S/c1-3-15-9(13)11-6-5-8(17)7-12(11)10(14)16-4-2/h8,17H,3-7H2,1-2H3. The zero-order chi connectivity index (χ0) is 12.8. The van der Waals surface area contributed by atoms with E-state index < -0.39 is 12.2 Å². The first kappa shape index (κ1) is 14.0. The van der Waals surface area contributed by atoms with Crippen LogP contribution in [0.4, 0.5) is 9.59 Å². The highest BCUT2D eigenvalue weighted by molar-refractivity contribution is 7.81. The van der Waals surface area contributed by atoms with E-state index in [9.17, 15) is 9.59 Å². The molecule has 0 aromatic heterocycles. The Labute approximate surface area is 106 Å². The molecule has 1 rings (SSSR count). The van der Waals surface area contributed by atoms with Gasteiger partial charge in [-0.1, -0.05) is 0 Å². The van der Waals surface area contributed by atoms with Crippen molar-refractivity contribution in [1.82, 2.24) is 10.0 Å². The molecule has 0 bridgehead atoms. The molecule has 0 saturated carbocycles. The van der Waals surface area contributed by atoms with E-state index in [1.54, 1.807) is 13.8 Å². The smallest absolute Gasteiger partial charge is 0.428 e. The van der Waals surface area contributed by atoms with Gasteiger partial charge in [0.05, 0.1) is 19.8 Å². The summed E-state index contributed by atoms with van der Waals surface area (Å²) in [5.74, 6) is 0. The topological polar surface area (TPSA) is 59.1 Å². The van der Waals surface area contributed by atoms with Crippen LogP contribution in [0.3, 0.4) is 0 Å². The molecule has 1 saturated heterocycles. The van der Waals surface area contributed by atoms with Gasteiger partial charge in [-0.3, -0.25) is 0 Å². The lowest BCUT2D eigenvalue weighted by molar-refractivity contribution is -0.0339. The highest BCUT2D eigenvalue weighted by Crippen LogP contribution is 2.17. The van der Waals surface area contributed by atoms with Crippen LogP contribution in [0.15, 0.2) is 0 Å². The third-order valence-electron chi connectivity index (χ3n) is 2.31. The molecule has 7 heteroatoms. The minimum absolute atomic E-state index is 0.0464. The second-order valence-electron chi connectivity index (χ2n) is 3.55. The highest BCUT2D eigenvalue weighted by Gasteiger charge is 2.33. The van der Waals surface area contributed by atoms with E-state index in [0.717, 1.165) is 6.42 Å². The molecule has 1 fully saturated rings. The van der Waals surface area contributed by atoms with Gasteiger partial charge in [0, 0.05) is 11.8 Å². The molecule has 0 aromatic carbocycles. The van der Waals surface area contributed by atoms with E-state index in [-0.39, 0.29) is 18.5 Å². The SMILES string of the molecule is CCOC(=O)N1CCC(S)CN1C(=O)OCC.